The average molecular weight is 335 g/mol. The second-order valence-electron chi connectivity index (χ2n) is 6.35. The largest absolute Gasteiger partial charge is 0.370 e. The third-order valence-electron chi connectivity index (χ3n) is 4.70. The molecular formula is C19H21N5O. The molecule has 0 aliphatic carbocycles. The van der Waals surface area contributed by atoms with Crippen molar-refractivity contribution >= 4 is 17.3 Å². The molecule has 2 heterocycles. The summed E-state index contributed by atoms with van der Waals surface area (Å²) in [6.07, 6.45) is 5.80. The molecule has 0 unspecified atom stereocenters. The topological polar surface area (TPSA) is 83.2 Å². The molecule has 1 aromatic carbocycles. The second kappa shape index (κ2) is 7.72. The first-order valence-electron chi connectivity index (χ1n) is 8.68. The van der Waals surface area contributed by atoms with Crippen LogP contribution in [0, 0.1) is 22.7 Å². The van der Waals surface area contributed by atoms with Crippen LogP contribution in [0.25, 0.3) is 0 Å². The van der Waals surface area contributed by atoms with E-state index in [0.29, 0.717) is 5.56 Å². The number of allylic oxidation sites excluding steroid dienone is 1. The fourth-order valence-electron chi connectivity index (χ4n) is 3.36. The van der Waals surface area contributed by atoms with Gasteiger partial charge in [-0.05, 0) is 43.9 Å². The number of nitrogens with zero attached hydrogens (tertiary/aromatic N) is 4. The summed E-state index contributed by atoms with van der Waals surface area (Å²) >= 11 is 0. The van der Waals surface area contributed by atoms with Crippen molar-refractivity contribution in [2.75, 3.05) is 36.4 Å². The molecule has 0 aromatic heterocycles. The maximum Gasteiger partial charge on any atom is 0.253 e. The van der Waals surface area contributed by atoms with Crippen molar-refractivity contribution in [3.63, 3.8) is 0 Å². The van der Waals surface area contributed by atoms with Crippen LogP contribution in [0.15, 0.2) is 30.0 Å². The number of rotatable bonds is 4. The molecule has 6 heteroatoms. The van der Waals surface area contributed by atoms with E-state index in [1.54, 1.807) is 0 Å². The monoisotopic (exact) mass is 335 g/mol. The van der Waals surface area contributed by atoms with E-state index in [9.17, 15) is 4.79 Å². The minimum Gasteiger partial charge on any atom is -0.370 e. The van der Waals surface area contributed by atoms with Crippen molar-refractivity contribution < 1.29 is 4.79 Å². The zero-order valence-electron chi connectivity index (χ0n) is 14.2. The van der Waals surface area contributed by atoms with Crippen LogP contribution in [0.5, 0.6) is 0 Å². The van der Waals surface area contributed by atoms with E-state index in [1.807, 2.05) is 35.2 Å². The summed E-state index contributed by atoms with van der Waals surface area (Å²) in [5.41, 5.74) is 2.40. The molecule has 128 valence electrons. The van der Waals surface area contributed by atoms with E-state index >= 15 is 0 Å². The van der Waals surface area contributed by atoms with Crippen molar-refractivity contribution in [2.45, 2.75) is 25.7 Å². The number of hydrogen-bond acceptors (Lipinski definition) is 5. The number of carbonyl (C=O) groups is 1. The predicted molar refractivity (Wildman–Crippen MR) is 96.0 cm³/mol. The quantitative estimate of drug-likeness (QED) is 0.856. The Morgan fingerprint density at radius 1 is 1.04 bits per heavy atom. The zero-order chi connectivity index (χ0) is 17.6. The first-order chi connectivity index (χ1) is 12.2. The lowest BCUT2D eigenvalue weighted by atomic mass is 10.1. The Balaban J connectivity index is 1.90. The molecule has 25 heavy (non-hydrogen) atoms. The van der Waals surface area contributed by atoms with Gasteiger partial charge in [0.25, 0.3) is 5.91 Å². The maximum absolute atomic E-state index is 12.6. The van der Waals surface area contributed by atoms with Gasteiger partial charge in [0.05, 0.1) is 11.4 Å². The number of nitriles is 2. The maximum atomic E-state index is 12.6. The number of anilines is 2. The highest BCUT2D eigenvalue weighted by Gasteiger charge is 2.22. The summed E-state index contributed by atoms with van der Waals surface area (Å²) in [4.78, 5) is 16.8. The molecule has 0 radical (unpaired) electrons. The number of likely N-dealkylation sites (tertiary alicyclic amines) is 1. The van der Waals surface area contributed by atoms with Gasteiger partial charge in [0.15, 0.2) is 0 Å². The minimum absolute atomic E-state index is 0.00337. The van der Waals surface area contributed by atoms with Crippen LogP contribution >= 0.6 is 0 Å². The lowest BCUT2D eigenvalue weighted by molar-refractivity contribution is 0.0793. The molecule has 2 fully saturated rings. The number of benzene rings is 1. The molecule has 6 nitrogen and oxygen atoms in total. The van der Waals surface area contributed by atoms with Crippen LogP contribution in [0.3, 0.4) is 0 Å². The molecule has 0 saturated carbocycles. The minimum atomic E-state index is 0.00337. The number of nitrogens with one attached hydrogen (secondary N) is 1. The van der Waals surface area contributed by atoms with Gasteiger partial charge in [-0.1, -0.05) is 0 Å². The van der Waals surface area contributed by atoms with Gasteiger partial charge >= 0.3 is 0 Å². The van der Waals surface area contributed by atoms with E-state index in [4.69, 9.17) is 10.5 Å². The highest BCUT2D eigenvalue weighted by molar-refractivity contribution is 5.96. The molecule has 0 bridgehead atoms. The molecule has 1 aromatic rings. The summed E-state index contributed by atoms with van der Waals surface area (Å²) in [5.74, 6) is 0.0401. The first kappa shape index (κ1) is 16.9. The standard InChI is InChI=1S/C19H21N5O/c20-12-15(13-21)14-22-17-11-16(19(25)24-9-3-4-10-24)5-6-18(17)23-7-1-2-8-23/h5-6,11,14,22H,1-4,7-10H2. The summed E-state index contributed by atoms with van der Waals surface area (Å²) in [7, 11) is 0. The van der Waals surface area contributed by atoms with Gasteiger partial charge in [-0.2, -0.15) is 10.5 Å². The molecule has 0 atom stereocenters. The third kappa shape index (κ3) is 3.75. The summed E-state index contributed by atoms with van der Waals surface area (Å²) in [5, 5.41) is 20.9. The molecular weight excluding hydrogens is 314 g/mol. The van der Waals surface area contributed by atoms with Crippen molar-refractivity contribution in [2.24, 2.45) is 0 Å². The summed E-state index contributed by atoms with van der Waals surface area (Å²) in [6.45, 7) is 3.56. The van der Waals surface area contributed by atoms with Gasteiger partial charge < -0.3 is 15.1 Å². The van der Waals surface area contributed by atoms with Crippen LogP contribution in [0.1, 0.15) is 36.0 Å². The molecule has 2 aliphatic heterocycles. The Bertz CT molecular complexity index is 743. The van der Waals surface area contributed by atoms with Gasteiger partial charge in [-0.3, -0.25) is 4.79 Å². The van der Waals surface area contributed by atoms with Crippen LogP contribution in [0.2, 0.25) is 0 Å². The summed E-state index contributed by atoms with van der Waals surface area (Å²) < 4.78 is 0. The van der Waals surface area contributed by atoms with E-state index in [0.717, 1.165) is 63.2 Å². The van der Waals surface area contributed by atoms with Crippen LogP contribution in [-0.2, 0) is 0 Å². The third-order valence-corrected chi connectivity index (χ3v) is 4.70. The van der Waals surface area contributed by atoms with Gasteiger partial charge in [0.1, 0.15) is 17.7 Å². The van der Waals surface area contributed by atoms with Crippen LogP contribution < -0.4 is 10.2 Å². The average Bonchev–Trinajstić information content (AvgIpc) is 3.35. The van der Waals surface area contributed by atoms with Crippen LogP contribution in [0.4, 0.5) is 11.4 Å². The fourth-order valence-corrected chi connectivity index (χ4v) is 3.36. The SMILES string of the molecule is N#CC(C#N)=CNc1cc(C(=O)N2CCCC2)ccc1N1CCCC1. The molecule has 2 aliphatic rings. The predicted octanol–water partition coefficient (Wildman–Crippen LogP) is 2.87. The van der Waals surface area contributed by atoms with Gasteiger partial charge in [0.2, 0.25) is 0 Å². The Kier molecular flexibility index (Phi) is 5.20. The molecule has 1 amide bonds. The Hall–Kier alpha value is -2.99. The van der Waals surface area contributed by atoms with E-state index < -0.39 is 0 Å². The smallest absolute Gasteiger partial charge is 0.253 e. The summed E-state index contributed by atoms with van der Waals surface area (Å²) in [6, 6.07) is 9.35. The van der Waals surface area contributed by atoms with Crippen molar-refractivity contribution in [1.82, 2.24) is 4.90 Å². The number of hydrogen-bond donors (Lipinski definition) is 1. The van der Waals surface area contributed by atoms with E-state index in [-0.39, 0.29) is 11.5 Å². The number of carbonyl (C=O) groups excluding carboxylic acids is 1. The lowest BCUT2D eigenvalue weighted by Gasteiger charge is -2.23. The molecule has 0 spiro atoms. The van der Waals surface area contributed by atoms with Gasteiger partial charge in [-0.25, -0.2) is 0 Å². The second-order valence-corrected chi connectivity index (χ2v) is 6.35. The van der Waals surface area contributed by atoms with Crippen molar-refractivity contribution in [1.29, 1.82) is 10.5 Å². The van der Waals surface area contributed by atoms with Crippen molar-refractivity contribution in [3.8, 4) is 12.1 Å². The zero-order valence-corrected chi connectivity index (χ0v) is 14.2. The first-order valence-corrected chi connectivity index (χ1v) is 8.68. The van der Waals surface area contributed by atoms with Crippen LogP contribution in [-0.4, -0.2) is 37.0 Å². The molecule has 3 rings (SSSR count). The normalized spacial score (nSPS) is 16.2. The molecule has 1 N–H and O–H groups in total. The van der Waals surface area contributed by atoms with Crippen molar-refractivity contribution in [3.05, 3.63) is 35.5 Å². The van der Waals surface area contributed by atoms with Gasteiger partial charge in [0, 0.05) is 37.9 Å². The Morgan fingerprint density at radius 2 is 1.68 bits per heavy atom. The lowest BCUT2D eigenvalue weighted by Crippen LogP contribution is -2.28. The highest BCUT2D eigenvalue weighted by Crippen LogP contribution is 2.31. The highest BCUT2D eigenvalue weighted by atomic mass is 16.2. The fraction of sp³-hybridized carbons (Fsp3) is 0.421. The molecule has 2 saturated heterocycles. The van der Waals surface area contributed by atoms with E-state index in [1.165, 1.54) is 6.20 Å². The Morgan fingerprint density at radius 3 is 2.32 bits per heavy atom. The number of amides is 1. The van der Waals surface area contributed by atoms with E-state index in [2.05, 4.69) is 10.2 Å². The van der Waals surface area contributed by atoms with Gasteiger partial charge in [-0.15, -0.1) is 0 Å². The Labute approximate surface area is 147 Å².